The predicted octanol–water partition coefficient (Wildman–Crippen LogP) is 1.38. The predicted molar refractivity (Wildman–Crippen MR) is 74.9 cm³/mol. The van der Waals surface area contributed by atoms with Gasteiger partial charge in [0, 0.05) is 13.7 Å². The maximum Gasteiger partial charge on any atom is 0.241 e. The molecule has 2 unspecified atom stereocenters. The molecule has 5 heteroatoms. The number of nitrogens with zero attached hydrogens (tertiary/aromatic N) is 1. The summed E-state index contributed by atoms with van der Waals surface area (Å²) in [6.07, 6.45) is 4.20. The summed E-state index contributed by atoms with van der Waals surface area (Å²) >= 11 is 0. The molecule has 0 saturated carbocycles. The zero-order chi connectivity index (χ0) is 14.1. The van der Waals surface area contributed by atoms with E-state index < -0.39 is 0 Å². The van der Waals surface area contributed by atoms with Gasteiger partial charge in [0.2, 0.25) is 5.91 Å². The Kier molecular flexibility index (Phi) is 8.02. The zero-order valence-corrected chi connectivity index (χ0v) is 12.5. The lowest BCUT2D eigenvalue weighted by molar-refractivity contribution is -0.131. The summed E-state index contributed by atoms with van der Waals surface area (Å²) in [5, 5.41) is 3.44. The van der Waals surface area contributed by atoms with Gasteiger partial charge in [0.15, 0.2) is 0 Å². The third-order valence-corrected chi connectivity index (χ3v) is 3.40. The first-order valence-electron chi connectivity index (χ1n) is 7.37. The van der Waals surface area contributed by atoms with Crippen LogP contribution in [0.15, 0.2) is 0 Å². The van der Waals surface area contributed by atoms with E-state index in [2.05, 4.69) is 19.2 Å². The van der Waals surface area contributed by atoms with Gasteiger partial charge in [-0.25, -0.2) is 0 Å². The highest BCUT2D eigenvalue weighted by Crippen LogP contribution is 2.17. The van der Waals surface area contributed by atoms with Crippen molar-refractivity contribution < 1.29 is 14.3 Å². The Morgan fingerprint density at radius 1 is 1.16 bits per heavy atom. The molecular weight excluding hydrogens is 244 g/mol. The third kappa shape index (κ3) is 5.09. The van der Waals surface area contributed by atoms with E-state index in [9.17, 15) is 4.79 Å². The Hall–Kier alpha value is -0.650. The monoisotopic (exact) mass is 272 g/mol. The van der Waals surface area contributed by atoms with Crippen molar-refractivity contribution in [2.45, 2.75) is 51.7 Å². The molecule has 0 bridgehead atoms. The largest absolute Gasteiger partial charge is 0.382 e. The van der Waals surface area contributed by atoms with Crippen LogP contribution in [-0.4, -0.2) is 56.5 Å². The van der Waals surface area contributed by atoms with Gasteiger partial charge in [-0.15, -0.1) is 0 Å². The molecule has 5 nitrogen and oxygen atoms in total. The summed E-state index contributed by atoms with van der Waals surface area (Å²) in [7, 11) is 1.66. The van der Waals surface area contributed by atoms with Crippen molar-refractivity contribution in [2.75, 3.05) is 33.5 Å². The van der Waals surface area contributed by atoms with Gasteiger partial charge >= 0.3 is 0 Å². The van der Waals surface area contributed by atoms with Crippen LogP contribution >= 0.6 is 0 Å². The molecule has 1 saturated heterocycles. The second-order valence-electron chi connectivity index (χ2n) is 4.95. The number of nitrogens with one attached hydrogen (secondary N) is 1. The van der Waals surface area contributed by atoms with Gasteiger partial charge in [0.05, 0.1) is 32.0 Å². The van der Waals surface area contributed by atoms with Crippen molar-refractivity contribution in [1.29, 1.82) is 0 Å². The van der Waals surface area contributed by atoms with Crippen LogP contribution < -0.4 is 5.32 Å². The first-order valence-corrected chi connectivity index (χ1v) is 7.37. The number of rotatable bonds is 10. The van der Waals surface area contributed by atoms with Crippen LogP contribution in [0.2, 0.25) is 0 Å². The normalized spacial score (nSPS) is 23.3. The van der Waals surface area contributed by atoms with Crippen molar-refractivity contribution >= 4 is 5.91 Å². The lowest BCUT2D eigenvalue weighted by Gasteiger charge is -2.23. The van der Waals surface area contributed by atoms with E-state index in [4.69, 9.17) is 9.47 Å². The lowest BCUT2D eigenvalue weighted by atomic mass is 10.2. The zero-order valence-electron chi connectivity index (χ0n) is 12.5. The van der Waals surface area contributed by atoms with E-state index in [-0.39, 0.29) is 18.1 Å². The quantitative estimate of drug-likeness (QED) is 0.610. The Morgan fingerprint density at radius 2 is 1.89 bits per heavy atom. The molecule has 1 aliphatic heterocycles. The summed E-state index contributed by atoms with van der Waals surface area (Å²) in [5.74, 6) is 0.232. The minimum atomic E-state index is 0.000486. The topological polar surface area (TPSA) is 50.8 Å². The Labute approximate surface area is 116 Å². The molecule has 1 rings (SSSR count). The van der Waals surface area contributed by atoms with Gasteiger partial charge in [-0.1, -0.05) is 26.7 Å². The van der Waals surface area contributed by atoms with E-state index in [1.807, 2.05) is 4.90 Å². The van der Waals surface area contributed by atoms with Gasteiger partial charge in [0.1, 0.15) is 0 Å². The molecule has 1 aliphatic rings. The van der Waals surface area contributed by atoms with Crippen molar-refractivity contribution in [3.8, 4) is 0 Å². The van der Waals surface area contributed by atoms with Gasteiger partial charge in [-0.05, 0) is 12.8 Å². The molecular formula is C14H28N2O3. The van der Waals surface area contributed by atoms with Crippen LogP contribution in [-0.2, 0) is 14.3 Å². The van der Waals surface area contributed by atoms with Gasteiger partial charge in [-0.2, -0.15) is 0 Å². The maximum absolute atomic E-state index is 12.3. The molecule has 19 heavy (non-hydrogen) atoms. The molecule has 0 aromatic rings. The maximum atomic E-state index is 12.3. The highest BCUT2D eigenvalue weighted by Gasteiger charge is 2.37. The van der Waals surface area contributed by atoms with Crippen molar-refractivity contribution in [3.63, 3.8) is 0 Å². The molecule has 0 aromatic carbocycles. The van der Waals surface area contributed by atoms with Crippen LogP contribution in [0.5, 0.6) is 0 Å². The highest BCUT2D eigenvalue weighted by molar-refractivity contribution is 5.84. The SMILES string of the molecule is CCCC1NC(CCC)N(CCOCCOC)C1=O. The summed E-state index contributed by atoms with van der Waals surface area (Å²) in [6.45, 7) is 6.69. The molecule has 0 aromatic heterocycles. The second-order valence-corrected chi connectivity index (χ2v) is 4.95. The fraction of sp³-hybridized carbons (Fsp3) is 0.929. The van der Waals surface area contributed by atoms with E-state index in [0.717, 1.165) is 25.7 Å². The van der Waals surface area contributed by atoms with Crippen LogP contribution in [0, 0.1) is 0 Å². The van der Waals surface area contributed by atoms with E-state index in [1.54, 1.807) is 7.11 Å². The number of ether oxygens (including phenoxy) is 2. The standard InChI is InChI=1S/C14H28N2O3/c1-4-6-12-14(17)16(13(15-12)7-5-2)8-9-19-11-10-18-3/h12-13,15H,4-11H2,1-3H3. The summed E-state index contributed by atoms with van der Waals surface area (Å²) in [5.41, 5.74) is 0. The van der Waals surface area contributed by atoms with Gasteiger partial charge in [0.25, 0.3) is 0 Å². The van der Waals surface area contributed by atoms with E-state index >= 15 is 0 Å². The number of carbonyl (C=O) groups excluding carboxylic acids is 1. The first-order chi connectivity index (χ1) is 9.24. The molecule has 0 radical (unpaired) electrons. The Bertz CT molecular complexity index is 261. The summed E-state index contributed by atoms with van der Waals surface area (Å²) in [4.78, 5) is 14.2. The number of methoxy groups -OCH3 is 1. The summed E-state index contributed by atoms with van der Waals surface area (Å²) < 4.78 is 10.4. The molecule has 112 valence electrons. The Balaban J connectivity index is 2.40. The van der Waals surface area contributed by atoms with Crippen molar-refractivity contribution in [1.82, 2.24) is 10.2 Å². The number of amides is 1. The second kappa shape index (κ2) is 9.28. The molecule has 1 N–H and O–H groups in total. The van der Waals surface area contributed by atoms with Crippen LogP contribution in [0.1, 0.15) is 39.5 Å². The minimum absolute atomic E-state index is 0.000486. The smallest absolute Gasteiger partial charge is 0.241 e. The average molecular weight is 272 g/mol. The number of hydrogen-bond donors (Lipinski definition) is 1. The lowest BCUT2D eigenvalue weighted by Crippen LogP contribution is -2.39. The van der Waals surface area contributed by atoms with Crippen LogP contribution in [0.4, 0.5) is 0 Å². The molecule has 1 fully saturated rings. The Morgan fingerprint density at radius 3 is 2.53 bits per heavy atom. The number of hydrogen-bond acceptors (Lipinski definition) is 4. The van der Waals surface area contributed by atoms with Gasteiger partial charge < -0.3 is 14.4 Å². The van der Waals surface area contributed by atoms with Crippen molar-refractivity contribution in [2.24, 2.45) is 0 Å². The highest BCUT2D eigenvalue weighted by atomic mass is 16.5. The molecule has 0 spiro atoms. The average Bonchev–Trinajstić information content (AvgIpc) is 2.68. The molecule has 1 amide bonds. The fourth-order valence-electron chi connectivity index (χ4n) is 2.43. The van der Waals surface area contributed by atoms with Crippen LogP contribution in [0.25, 0.3) is 0 Å². The minimum Gasteiger partial charge on any atom is -0.382 e. The van der Waals surface area contributed by atoms with Crippen LogP contribution in [0.3, 0.4) is 0 Å². The first kappa shape index (κ1) is 16.4. The van der Waals surface area contributed by atoms with Crippen molar-refractivity contribution in [3.05, 3.63) is 0 Å². The van der Waals surface area contributed by atoms with Gasteiger partial charge in [-0.3, -0.25) is 10.1 Å². The third-order valence-electron chi connectivity index (χ3n) is 3.40. The molecule has 1 heterocycles. The molecule has 0 aliphatic carbocycles. The van der Waals surface area contributed by atoms with E-state index in [1.165, 1.54) is 0 Å². The van der Waals surface area contributed by atoms with E-state index in [0.29, 0.717) is 26.4 Å². The molecule has 2 atom stereocenters. The number of carbonyl (C=O) groups is 1. The fourth-order valence-corrected chi connectivity index (χ4v) is 2.43. The summed E-state index contributed by atoms with van der Waals surface area (Å²) in [6, 6.07) is 0.000486.